The Balaban J connectivity index is 2.43. The fourth-order valence-corrected chi connectivity index (χ4v) is 1.95. The SMILES string of the molecule is O=C(O)CN1CCCNc2cc(F)cc(F)c21. The van der Waals surface area contributed by atoms with Crippen molar-refractivity contribution in [3.8, 4) is 0 Å². The van der Waals surface area contributed by atoms with Crippen LogP contribution in [0.3, 0.4) is 0 Å². The van der Waals surface area contributed by atoms with Gasteiger partial charge in [0.05, 0.1) is 11.4 Å². The molecule has 2 rings (SSSR count). The molecule has 0 amide bonds. The zero-order chi connectivity index (χ0) is 12.4. The number of rotatable bonds is 2. The maximum absolute atomic E-state index is 13.7. The lowest BCUT2D eigenvalue weighted by molar-refractivity contribution is -0.135. The third kappa shape index (κ3) is 2.46. The second kappa shape index (κ2) is 4.57. The van der Waals surface area contributed by atoms with Gasteiger partial charge in [-0.05, 0) is 12.5 Å². The van der Waals surface area contributed by atoms with Crippen molar-refractivity contribution in [2.75, 3.05) is 29.9 Å². The van der Waals surface area contributed by atoms with E-state index in [1.807, 2.05) is 0 Å². The number of carbonyl (C=O) groups is 1. The fraction of sp³-hybridized carbons (Fsp3) is 0.364. The molecule has 0 saturated carbocycles. The summed E-state index contributed by atoms with van der Waals surface area (Å²) in [6.07, 6.45) is 0.670. The predicted molar refractivity (Wildman–Crippen MR) is 59.3 cm³/mol. The molecule has 2 N–H and O–H groups in total. The Morgan fingerprint density at radius 2 is 2.24 bits per heavy atom. The average molecular weight is 242 g/mol. The molecule has 0 atom stereocenters. The van der Waals surface area contributed by atoms with Crippen LogP contribution in [-0.4, -0.2) is 30.7 Å². The van der Waals surface area contributed by atoms with Crippen molar-refractivity contribution in [3.63, 3.8) is 0 Å². The highest BCUT2D eigenvalue weighted by atomic mass is 19.1. The van der Waals surface area contributed by atoms with Gasteiger partial charge in [-0.25, -0.2) is 8.78 Å². The Kier molecular flexibility index (Phi) is 3.12. The first kappa shape index (κ1) is 11.6. The first-order valence-corrected chi connectivity index (χ1v) is 5.27. The van der Waals surface area contributed by atoms with Gasteiger partial charge in [-0.1, -0.05) is 0 Å². The lowest BCUT2D eigenvalue weighted by Crippen LogP contribution is -2.31. The van der Waals surface area contributed by atoms with E-state index in [1.165, 1.54) is 11.0 Å². The largest absolute Gasteiger partial charge is 0.480 e. The van der Waals surface area contributed by atoms with Gasteiger partial charge in [-0.2, -0.15) is 0 Å². The normalized spacial score (nSPS) is 14.8. The Morgan fingerprint density at radius 3 is 2.94 bits per heavy atom. The lowest BCUT2D eigenvalue weighted by atomic mass is 10.2. The van der Waals surface area contributed by atoms with Gasteiger partial charge < -0.3 is 15.3 Å². The highest BCUT2D eigenvalue weighted by Crippen LogP contribution is 2.32. The molecular weight excluding hydrogens is 230 g/mol. The third-order valence-electron chi connectivity index (χ3n) is 2.59. The summed E-state index contributed by atoms with van der Waals surface area (Å²) >= 11 is 0. The standard InChI is InChI=1S/C11H12F2N2O2/c12-7-4-8(13)11-9(5-7)14-2-1-3-15(11)6-10(16)17/h4-5,14H,1-3,6H2,(H,16,17). The minimum Gasteiger partial charge on any atom is -0.480 e. The molecule has 92 valence electrons. The number of aliphatic carboxylic acids is 1. The van der Waals surface area contributed by atoms with Crippen LogP contribution in [0.1, 0.15) is 6.42 Å². The summed E-state index contributed by atoms with van der Waals surface area (Å²) in [6.45, 7) is 0.693. The summed E-state index contributed by atoms with van der Waals surface area (Å²) in [6, 6.07) is 1.94. The molecule has 1 aliphatic heterocycles. The van der Waals surface area contributed by atoms with Crippen LogP contribution in [0.15, 0.2) is 12.1 Å². The van der Waals surface area contributed by atoms with E-state index in [1.54, 1.807) is 0 Å². The second-order valence-electron chi connectivity index (χ2n) is 3.88. The van der Waals surface area contributed by atoms with E-state index in [-0.39, 0.29) is 12.2 Å². The summed E-state index contributed by atoms with van der Waals surface area (Å²) < 4.78 is 26.8. The van der Waals surface area contributed by atoms with E-state index in [9.17, 15) is 13.6 Å². The number of benzene rings is 1. The van der Waals surface area contributed by atoms with Gasteiger partial charge in [-0.15, -0.1) is 0 Å². The number of halogens is 2. The van der Waals surface area contributed by atoms with Crippen molar-refractivity contribution in [3.05, 3.63) is 23.8 Å². The van der Waals surface area contributed by atoms with Gasteiger partial charge in [0, 0.05) is 19.2 Å². The fourth-order valence-electron chi connectivity index (χ4n) is 1.95. The zero-order valence-corrected chi connectivity index (χ0v) is 9.04. The van der Waals surface area contributed by atoms with Crippen LogP contribution < -0.4 is 10.2 Å². The lowest BCUT2D eigenvalue weighted by Gasteiger charge is -2.22. The van der Waals surface area contributed by atoms with Crippen LogP contribution in [-0.2, 0) is 4.79 Å². The number of hydrogen-bond donors (Lipinski definition) is 2. The quantitative estimate of drug-likeness (QED) is 0.828. The first-order chi connectivity index (χ1) is 8.08. The Hall–Kier alpha value is -1.85. The highest BCUT2D eigenvalue weighted by Gasteiger charge is 2.22. The van der Waals surface area contributed by atoms with Crippen LogP contribution in [0.5, 0.6) is 0 Å². The van der Waals surface area contributed by atoms with Gasteiger partial charge in [0.1, 0.15) is 12.4 Å². The molecule has 0 aliphatic carbocycles. The minimum atomic E-state index is -1.04. The summed E-state index contributed by atoms with van der Waals surface area (Å²) in [7, 11) is 0. The van der Waals surface area contributed by atoms with E-state index in [0.717, 1.165) is 6.07 Å². The Labute approximate surface area is 96.8 Å². The molecular formula is C11H12F2N2O2. The number of hydrogen-bond acceptors (Lipinski definition) is 3. The van der Waals surface area contributed by atoms with Crippen molar-refractivity contribution in [1.29, 1.82) is 0 Å². The monoisotopic (exact) mass is 242 g/mol. The van der Waals surface area contributed by atoms with Crippen LogP contribution in [0.4, 0.5) is 20.2 Å². The molecule has 4 nitrogen and oxygen atoms in total. The molecule has 0 saturated heterocycles. The van der Waals surface area contributed by atoms with Crippen LogP contribution in [0.25, 0.3) is 0 Å². The highest BCUT2D eigenvalue weighted by molar-refractivity contribution is 5.79. The maximum atomic E-state index is 13.7. The van der Waals surface area contributed by atoms with Crippen molar-refractivity contribution in [2.24, 2.45) is 0 Å². The molecule has 1 aromatic carbocycles. The summed E-state index contributed by atoms with van der Waals surface area (Å²) in [5, 5.41) is 11.7. The average Bonchev–Trinajstić information content (AvgIpc) is 2.39. The molecule has 1 aliphatic rings. The van der Waals surface area contributed by atoms with E-state index in [0.29, 0.717) is 25.2 Å². The number of fused-ring (bicyclic) bond motifs is 1. The van der Waals surface area contributed by atoms with Crippen molar-refractivity contribution >= 4 is 17.3 Å². The van der Waals surface area contributed by atoms with Crippen LogP contribution in [0.2, 0.25) is 0 Å². The third-order valence-corrected chi connectivity index (χ3v) is 2.59. The molecule has 6 heteroatoms. The maximum Gasteiger partial charge on any atom is 0.323 e. The van der Waals surface area contributed by atoms with Crippen molar-refractivity contribution in [1.82, 2.24) is 0 Å². The van der Waals surface area contributed by atoms with Crippen molar-refractivity contribution in [2.45, 2.75) is 6.42 Å². The van der Waals surface area contributed by atoms with Gasteiger partial charge in [0.15, 0.2) is 5.82 Å². The number of anilines is 2. The number of carboxylic acids is 1. The molecule has 0 unspecified atom stereocenters. The molecule has 17 heavy (non-hydrogen) atoms. The summed E-state index contributed by atoms with van der Waals surface area (Å²) in [5.41, 5.74) is 0.438. The summed E-state index contributed by atoms with van der Waals surface area (Å²) in [4.78, 5) is 12.1. The molecule has 0 fully saturated rings. The van der Waals surface area contributed by atoms with Crippen molar-refractivity contribution < 1.29 is 18.7 Å². The molecule has 0 aromatic heterocycles. The van der Waals surface area contributed by atoms with E-state index in [4.69, 9.17) is 5.11 Å². The summed E-state index contributed by atoms with van der Waals surface area (Å²) in [5.74, 6) is -2.46. The van der Waals surface area contributed by atoms with Gasteiger partial charge >= 0.3 is 5.97 Å². The van der Waals surface area contributed by atoms with Gasteiger partial charge in [-0.3, -0.25) is 4.79 Å². The minimum absolute atomic E-state index is 0.131. The van der Waals surface area contributed by atoms with E-state index < -0.39 is 17.6 Å². The molecule has 1 heterocycles. The van der Waals surface area contributed by atoms with Gasteiger partial charge in [0.25, 0.3) is 0 Å². The molecule has 0 spiro atoms. The molecule has 0 radical (unpaired) electrons. The number of nitrogens with one attached hydrogen (secondary N) is 1. The smallest absolute Gasteiger partial charge is 0.323 e. The second-order valence-corrected chi connectivity index (χ2v) is 3.88. The van der Waals surface area contributed by atoms with Gasteiger partial charge in [0.2, 0.25) is 0 Å². The number of carboxylic acid groups (broad SMARTS) is 1. The van der Waals surface area contributed by atoms with E-state index >= 15 is 0 Å². The number of nitrogens with zero attached hydrogens (tertiary/aromatic N) is 1. The van der Waals surface area contributed by atoms with E-state index in [2.05, 4.69) is 5.32 Å². The Morgan fingerprint density at radius 1 is 1.47 bits per heavy atom. The molecule has 0 bridgehead atoms. The van der Waals surface area contributed by atoms with Crippen LogP contribution in [0, 0.1) is 11.6 Å². The zero-order valence-electron chi connectivity index (χ0n) is 9.04. The van der Waals surface area contributed by atoms with Crippen LogP contribution >= 0.6 is 0 Å². The predicted octanol–water partition coefficient (Wildman–Crippen LogP) is 1.67. The topological polar surface area (TPSA) is 52.6 Å². The molecule has 1 aromatic rings. The first-order valence-electron chi connectivity index (χ1n) is 5.27. The Bertz CT molecular complexity index is 451.